The summed E-state index contributed by atoms with van der Waals surface area (Å²) in [4.78, 5) is 13.4. The molecule has 124 valence electrons. The number of halogens is 1. The van der Waals surface area contributed by atoms with Gasteiger partial charge in [0.05, 0.1) is 17.6 Å². The number of rotatable bonds is 4. The summed E-state index contributed by atoms with van der Waals surface area (Å²) in [5, 5.41) is 21.2. The first-order valence-electron chi connectivity index (χ1n) is 7.47. The Labute approximate surface area is 140 Å². The smallest absolute Gasteiger partial charge is 0.307 e. The molecule has 2 heterocycles. The summed E-state index contributed by atoms with van der Waals surface area (Å²) in [5.74, 6) is -0.297. The lowest BCUT2D eigenvalue weighted by Gasteiger charge is -2.34. The number of hydrogen-bond acceptors (Lipinski definition) is 5. The van der Waals surface area contributed by atoms with Crippen LogP contribution in [0, 0.1) is 5.92 Å². The average molecular weight is 338 g/mol. The third-order valence-electron chi connectivity index (χ3n) is 4.22. The fraction of sp³-hybridized carbons (Fsp3) is 0.467. The van der Waals surface area contributed by atoms with Crippen LogP contribution in [0.2, 0.25) is 0 Å². The van der Waals surface area contributed by atoms with E-state index in [4.69, 9.17) is 0 Å². The summed E-state index contributed by atoms with van der Waals surface area (Å²) < 4.78 is 1.72. The molecule has 1 fully saturated rings. The number of hydrogen-bond donors (Lipinski definition) is 1. The van der Waals surface area contributed by atoms with E-state index in [0.29, 0.717) is 6.54 Å². The molecule has 7 nitrogen and oxygen atoms in total. The number of carbonyl (C=O) groups is 1. The maximum atomic E-state index is 11.2. The van der Waals surface area contributed by atoms with Gasteiger partial charge in [-0.15, -0.1) is 17.5 Å². The van der Waals surface area contributed by atoms with Crippen molar-refractivity contribution in [2.45, 2.75) is 25.8 Å². The van der Waals surface area contributed by atoms with Gasteiger partial charge in [-0.3, -0.25) is 9.69 Å². The lowest BCUT2D eigenvalue weighted by molar-refractivity contribution is -0.143. The molecule has 1 aliphatic rings. The van der Waals surface area contributed by atoms with Crippen LogP contribution < -0.4 is 0 Å². The van der Waals surface area contributed by atoms with Crippen LogP contribution in [0.15, 0.2) is 30.3 Å². The number of likely N-dealkylation sites (tertiary alicyclic amines) is 1. The second-order valence-corrected chi connectivity index (χ2v) is 5.63. The highest BCUT2D eigenvalue weighted by atomic mass is 35.5. The molecule has 1 saturated heterocycles. The Hall–Kier alpha value is -1.99. The van der Waals surface area contributed by atoms with Crippen LogP contribution in [0.25, 0.3) is 5.69 Å². The van der Waals surface area contributed by atoms with Gasteiger partial charge in [-0.2, -0.15) is 4.68 Å². The van der Waals surface area contributed by atoms with Crippen molar-refractivity contribution in [3.05, 3.63) is 36.2 Å². The van der Waals surface area contributed by atoms with Crippen molar-refractivity contribution in [2.24, 2.45) is 5.92 Å². The van der Waals surface area contributed by atoms with Gasteiger partial charge in [0, 0.05) is 6.54 Å². The van der Waals surface area contributed by atoms with Gasteiger partial charge in [-0.25, -0.2) is 0 Å². The van der Waals surface area contributed by atoms with Crippen molar-refractivity contribution in [1.82, 2.24) is 25.1 Å². The molecule has 2 unspecified atom stereocenters. The molecule has 0 amide bonds. The minimum Gasteiger partial charge on any atom is -0.481 e. The van der Waals surface area contributed by atoms with Gasteiger partial charge in [0.1, 0.15) is 0 Å². The second kappa shape index (κ2) is 7.52. The standard InChI is InChI=1S/C15H19N5O2.ClH/c1-11(19-9-5-6-12(10-19)15(21)22)14-16-17-18-20(14)13-7-3-2-4-8-13;/h2-4,7-8,11-12H,5-6,9-10H2,1H3,(H,21,22);1H. The number of nitrogens with zero attached hydrogens (tertiary/aromatic N) is 5. The van der Waals surface area contributed by atoms with E-state index in [-0.39, 0.29) is 24.4 Å². The quantitative estimate of drug-likeness (QED) is 0.917. The zero-order valence-corrected chi connectivity index (χ0v) is 13.7. The highest BCUT2D eigenvalue weighted by molar-refractivity contribution is 5.85. The summed E-state index contributed by atoms with van der Waals surface area (Å²) in [7, 11) is 0. The second-order valence-electron chi connectivity index (χ2n) is 5.63. The Morgan fingerprint density at radius 1 is 1.35 bits per heavy atom. The SMILES string of the molecule is CC(c1nnnn1-c1ccccc1)N1CCCC(C(=O)O)C1.Cl. The molecule has 2 atom stereocenters. The van der Waals surface area contributed by atoms with Crippen molar-refractivity contribution in [3.8, 4) is 5.69 Å². The number of piperidine rings is 1. The van der Waals surface area contributed by atoms with Crippen LogP contribution >= 0.6 is 12.4 Å². The van der Waals surface area contributed by atoms with E-state index in [1.165, 1.54) is 0 Å². The third-order valence-corrected chi connectivity index (χ3v) is 4.22. The minimum atomic E-state index is -0.723. The molecule has 3 rings (SSSR count). The first kappa shape index (κ1) is 17.4. The van der Waals surface area contributed by atoms with Crippen molar-refractivity contribution >= 4 is 18.4 Å². The largest absolute Gasteiger partial charge is 0.481 e. The lowest BCUT2D eigenvalue weighted by atomic mass is 9.97. The Bertz CT molecular complexity index is 648. The third kappa shape index (κ3) is 3.68. The summed E-state index contributed by atoms with van der Waals surface area (Å²) >= 11 is 0. The van der Waals surface area contributed by atoms with E-state index >= 15 is 0 Å². The normalized spacial score (nSPS) is 19.8. The Morgan fingerprint density at radius 2 is 2.09 bits per heavy atom. The van der Waals surface area contributed by atoms with Crippen LogP contribution in [0.4, 0.5) is 0 Å². The molecule has 1 aliphatic heterocycles. The molecule has 0 bridgehead atoms. The number of carboxylic acids is 1. The summed E-state index contributed by atoms with van der Waals surface area (Å²) in [6, 6.07) is 9.68. The van der Waals surface area contributed by atoms with Crippen LogP contribution in [0.5, 0.6) is 0 Å². The summed E-state index contributed by atoms with van der Waals surface area (Å²) in [6.45, 7) is 3.43. The fourth-order valence-corrected chi connectivity index (χ4v) is 2.93. The average Bonchev–Trinajstić information content (AvgIpc) is 3.04. The number of aliphatic carboxylic acids is 1. The van der Waals surface area contributed by atoms with E-state index in [0.717, 1.165) is 30.9 Å². The van der Waals surface area contributed by atoms with Crippen molar-refractivity contribution < 1.29 is 9.90 Å². The molecule has 1 aromatic carbocycles. The molecular weight excluding hydrogens is 318 g/mol. The van der Waals surface area contributed by atoms with Gasteiger partial charge in [0.2, 0.25) is 0 Å². The van der Waals surface area contributed by atoms with Crippen LogP contribution in [0.1, 0.15) is 31.6 Å². The highest BCUT2D eigenvalue weighted by Crippen LogP contribution is 2.26. The van der Waals surface area contributed by atoms with E-state index in [1.54, 1.807) is 4.68 Å². The molecular formula is C15H20ClN5O2. The van der Waals surface area contributed by atoms with Crippen molar-refractivity contribution in [3.63, 3.8) is 0 Å². The molecule has 0 saturated carbocycles. The zero-order chi connectivity index (χ0) is 15.5. The Kier molecular flexibility index (Phi) is 5.68. The van der Waals surface area contributed by atoms with Gasteiger partial charge in [-0.05, 0) is 48.9 Å². The number of aromatic nitrogens is 4. The monoisotopic (exact) mass is 337 g/mol. The molecule has 8 heteroatoms. The van der Waals surface area contributed by atoms with Crippen LogP contribution in [-0.4, -0.2) is 49.3 Å². The summed E-state index contributed by atoms with van der Waals surface area (Å²) in [6.07, 6.45) is 1.62. The van der Waals surface area contributed by atoms with Crippen molar-refractivity contribution in [1.29, 1.82) is 0 Å². The number of tetrazole rings is 1. The lowest BCUT2D eigenvalue weighted by Crippen LogP contribution is -2.40. The predicted molar refractivity (Wildman–Crippen MR) is 86.7 cm³/mol. The number of para-hydroxylation sites is 1. The van der Waals surface area contributed by atoms with Gasteiger partial charge in [0.15, 0.2) is 5.82 Å². The van der Waals surface area contributed by atoms with E-state index in [2.05, 4.69) is 20.4 Å². The molecule has 2 aromatic rings. The van der Waals surface area contributed by atoms with Gasteiger partial charge in [0.25, 0.3) is 0 Å². The Morgan fingerprint density at radius 3 is 2.78 bits per heavy atom. The predicted octanol–water partition coefficient (Wildman–Crippen LogP) is 1.94. The maximum absolute atomic E-state index is 11.2. The molecule has 0 aliphatic carbocycles. The van der Waals surface area contributed by atoms with Gasteiger partial charge >= 0.3 is 5.97 Å². The molecule has 0 radical (unpaired) electrons. The first-order chi connectivity index (χ1) is 10.7. The molecule has 23 heavy (non-hydrogen) atoms. The summed E-state index contributed by atoms with van der Waals surface area (Å²) in [5.41, 5.74) is 0.904. The molecule has 0 spiro atoms. The Balaban J connectivity index is 0.00000192. The maximum Gasteiger partial charge on any atom is 0.307 e. The van der Waals surface area contributed by atoms with Gasteiger partial charge in [-0.1, -0.05) is 18.2 Å². The van der Waals surface area contributed by atoms with E-state index in [1.807, 2.05) is 37.3 Å². The topological polar surface area (TPSA) is 84.1 Å². The first-order valence-corrected chi connectivity index (χ1v) is 7.47. The van der Waals surface area contributed by atoms with E-state index in [9.17, 15) is 9.90 Å². The zero-order valence-electron chi connectivity index (χ0n) is 12.9. The van der Waals surface area contributed by atoms with Crippen molar-refractivity contribution in [2.75, 3.05) is 13.1 Å². The van der Waals surface area contributed by atoms with Gasteiger partial charge < -0.3 is 5.11 Å². The number of carboxylic acid groups (broad SMARTS) is 1. The highest BCUT2D eigenvalue weighted by Gasteiger charge is 2.30. The van der Waals surface area contributed by atoms with Crippen LogP contribution in [-0.2, 0) is 4.79 Å². The minimum absolute atomic E-state index is 0. The molecule has 1 N–H and O–H groups in total. The number of benzene rings is 1. The molecule has 1 aromatic heterocycles. The van der Waals surface area contributed by atoms with E-state index < -0.39 is 5.97 Å². The fourth-order valence-electron chi connectivity index (χ4n) is 2.93. The van der Waals surface area contributed by atoms with Crippen LogP contribution in [0.3, 0.4) is 0 Å².